The normalized spacial score (nSPS) is 13.8. The van der Waals surface area contributed by atoms with Crippen LogP contribution in [-0.4, -0.2) is 21.5 Å². The molecule has 128 valence electrons. The van der Waals surface area contributed by atoms with Crippen molar-refractivity contribution in [2.45, 2.75) is 18.0 Å². The van der Waals surface area contributed by atoms with Crippen molar-refractivity contribution in [3.63, 3.8) is 0 Å². The van der Waals surface area contributed by atoms with E-state index in [2.05, 4.69) is 4.98 Å². The molecule has 0 bridgehead atoms. The van der Waals surface area contributed by atoms with Crippen LogP contribution >= 0.6 is 11.3 Å². The van der Waals surface area contributed by atoms with Gasteiger partial charge in [-0.05, 0) is 12.1 Å². The molecule has 3 nitrogen and oxygen atoms in total. The SMILES string of the molecule is O=c1cc(C(F)(F)C(F)(F)C(F)(F)F)nc2sc3ccccc3n12. The zero-order chi connectivity index (χ0) is 17.9. The number of fused-ring (bicyclic) bond motifs is 3. The summed E-state index contributed by atoms with van der Waals surface area (Å²) < 4.78 is 91.7. The van der Waals surface area contributed by atoms with Crippen molar-refractivity contribution < 1.29 is 30.7 Å². The van der Waals surface area contributed by atoms with Crippen molar-refractivity contribution in [1.29, 1.82) is 0 Å². The third-order valence-electron chi connectivity index (χ3n) is 3.27. The van der Waals surface area contributed by atoms with Gasteiger partial charge in [-0.15, -0.1) is 0 Å². The summed E-state index contributed by atoms with van der Waals surface area (Å²) >= 11 is 0.717. The summed E-state index contributed by atoms with van der Waals surface area (Å²) in [5.74, 6) is -12.1. The summed E-state index contributed by atoms with van der Waals surface area (Å²) in [6, 6.07) is 6.10. The Morgan fingerprint density at radius 3 is 2.25 bits per heavy atom. The summed E-state index contributed by atoms with van der Waals surface area (Å²) in [6.45, 7) is 0. The summed E-state index contributed by atoms with van der Waals surface area (Å²) in [5.41, 5.74) is -2.82. The van der Waals surface area contributed by atoms with Gasteiger partial charge in [-0.3, -0.25) is 9.20 Å². The van der Waals surface area contributed by atoms with Gasteiger partial charge in [0.15, 0.2) is 4.96 Å². The molecular weight excluding hydrogens is 365 g/mol. The highest BCUT2D eigenvalue weighted by Gasteiger charge is 2.74. The van der Waals surface area contributed by atoms with Crippen molar-refractivity contribution in [3.8, 4) is 0 Å². The van der Waals surface area contributed by atoms with E-state index in [1.807, 2.05) is 0 Å². The van der Waals surface area contributed by atoms with Crippen molar-refractivity contribution in [3.05, 3.63) is 46.4 Å². The van der Waals surface area contributed by atoms with Crippen molar-refractivity contribution >= 4 is 26.5 Å². The molecule has 0 aliphatic heterocycles. The number of hydrogen-bond acceptors (Lipinski definition) is 3. The predicted molar refractivity (Wildman–Crippen MR) is 71.7 cm³/mol. The van der Waals surface area contributed by atoms with Crippen LogP contribution in [0.15, 0.2) is 35.1 Å². The summed E-state index contributed by atoms with van der Waals surface area (Å²) in [4.78, 5) is 14.7. The second kappa shape index (κ2) is 4.91. The van der Waals surface area contributed by atoms with E-state index in [0.717, 1.165) is 4.40 Å². The van der Waals surface area contributed by atoms with Gasteiger partial charge in [-0.25, -0.2) is 4.98 Å². The Morgan fingerprint density at radius 2 is 1.62 bits per heavy atom. The van der Waals surface area contributed by atoms with E-state index >= 15 is 0 Å². The average Bonchev–Trinajstić information content (AvgIpc) is 2.84. The number of hydrogen-bond donors (Lipinski definition) is 0. The molecule has 0 radical (unpaired) electrons. The van der Waals surface area contributed by atoms with E-state index in [1.54, 1.807) is 12.1 Å². The molecule has 0 saturated heterocycles. The van der Waals surface area contributed by atoms with E-state index in [-0.39, 0.29) is 11.6 Å². The molecule has 0 spiro atoms. The van der Waals surface area contributed by atoms with Crippen LogP contribution < -0.4 is 5.56 Å². The maximum Gasteiger partial charge on any atom is 0.460 e. The molecule has 11 heteroatoms. The minimum Gasteiger partial charge on any atom is -0.269 e. The van der Waals surface area contributed by atoms with E-state index in [1.165, 1.54) is 12.1 Å². The summed E-state index contributed by atoms with van der Waals surface area (Å²) in [5, 5.41) is 0. The average molecular weight is 370 g/mol. The van der Waals surface area contributed by atoms with E-state index < -0.39 is 34.2 Å². The Bertz CT molecular complexity index is 989. The van der Waals surface area contributed by atoms with Crippen LogP contribution in [0.3, 0.4) is 0 Å². The third-order valence-corrected chi connectivity index (χ3v) is 4.29. The third kappa shape index (κ3) is 2.18. The first-order chi connectivity index (χ1) is 11.0. The molecule has 2 heterocycles. The highest BCUT2D eigenvalue weighted by molar-refractivity contribution is 7.23. The van der Waals surface area contributed by atoms with E-state index in [4.69, 9.17) is 0 Å². The molecule has 0 aliphatic carbocycles. The largest absolute Gasteiger partial charge is 0.460 e. The second-order valence-electron chi connectivity index (χ2n) is 4.81. The Kier molecular flexibility index (Phi) is 3.41. The van der Waals surface area contributed by atoms with Crippen LogP contribution in [0, 0.1) is 0 Å². The summed E-state index contributed by atoms with van der Waals surface area (Å²) in [7, 11) is 0. The number of aromatic nitrogens is 2. The van der Waals surface area contributed by atoms with Crippen molar-refractivity contribution in [2.75, 3.05) is 0 Å². The van der Waals surface area contributed by atoms with Gasteiger partial charge in [0.05, 0.1) is 10.2 Å². The lowest BCUT2D eigenvalue weighted by atomic mass is 10.1. The Hall–Kier alpha value is -2.17. The van der Waals surface area contributed by atoms with Gasteiger partial charge in [0.25, 0.3) is 5.56 Å². The lowest BCUT2D eigenvalue weighted by Gasteiger charge is -2.27. The maximum atomic E-state index is 13.7. The lowest BCUT2D eigenvalue weighted by molar-refractivity contribution is -0.360. The van der Waals surface area contributed by atoms with Crippen LogP contribution in [0.25, 0.3) is 15.2 Å². The smallest absolute Gasteiger partial charge is 0.269 e. The second-order valence-corrected chi connectivity index (χ2v) is 5.82. The molecule has 24 heavy (non-hydrogen) atoms. The number of rotatable bonds is 2. The fraction of sp³-hybridized carbons (Fsp3) is 0.231. The van der Waals surface area contributed by atoms with E-state index in [9.17, 15) is 35.5 Å². The van der Waals surface area contributed by atoms with Crippen LogP contribution in [-0.2, 0) is 5.92 Å². The van der Waals surface area contributed by atoms with E-state index in [0.29, 0.717) is 16.0 Å². The minimum absolute atomic E-state index is 0.00812. The number of benzene rings is 1. The van der Waals surface area contributed by atoms with Crippen LogP contribution in [0.1, 0.15) is 5.69 Å². The molecule has 0 aliphatic rings. The van der Waals surface area contributed by atoms with Gasteiger partial charge in [-0.1, -0.05) is 23.5 Å². The maximum absolute atomic E-state index is 13.7. The first kappa shape index (κ1) is 16.7. The Balaban J connectivity index is 2.28. The monoisotopic (exact) mass is 370 g/mol. The predicted octanol–water partition coefficient (Wildman–Crippen LogP) is 4.20. The Morgan fingerprint density at radius 1 is 1.00 bits per heavy atom. The van der Waals surface area contributed by atoms with Gasteiger partial charge in [0, 0.05) is 6.07 Å². The number of halogens is 7. The molecule has 1 aromatic carbocycles. The zero-order valence-electron chi connectivity index (χ0n) is 11.2. The van der Waals surface area contributed by atoms with Crippen molar-refractivity contribution in [1.82, 2.24) is 9.38 Å². The fourth-order valence-electron chi connectivity index (χ4n) is 2.08. The quantitative estimate of drug-likeness (QED) is 0.634. The first-order valence-electron chi connectivity index (χ1n) is 6.21. The molecule has 2 aromatic heterocycles. The topological polar surface area (TPSA) is 34.4 Å². The number of para-hydroxylation sites is 1. The minimum atomic E-state index is -6.50. The van der Waals surface area contributed by atoms with Gasteiger partial charge in [0.2, 0.25) is 0 Å². The molecule has 0 saturated carbocycles. The van der Waals surface area contributed by atoms with Crippen LogP contribution in [0.4, 0.5) is 30.7 Å². The first-order valence-corrected chi connectivity index (χ1v) is 7.02. The van der Waals surface area contributed by atoms with Gasteiger partial charge in [0.1, 0.15) is 5.69 Å². The van der Waals surface area contributed by atoms with Crippen LogP contribution in [0.2, 0.25) is 0 Å². The zero-order valence-corrected chi connectivity index (χ0v) is 12.1. The summed E-state index contributed by atoms with van der Waals surface area (Å²) in [6.07, 6.45) is -6.50. The molecule has 0 atom stereocenters. The molecule has 0 unspecified atom stereocenters. The number of thiazole rings is 1. The van der Waals surface area contributed by atoms with Crippen molar-refractivity contribution in [2.24, 2.45) is 0 Å². The molecule has 0 amide bonds. The van der Waals surface area contributed by atoms with Gasteiger partial charge in [-0.2, -0.15) is 30.7 Å². The molecule has 3 rings (SSSR count). The van der Waals surface area contributed by atoms with Gasteiger partial charge >= 0.3 is 18.0 Å². The molecular formula is C13H5F7N2OS. The molecule has 0 N–H and O–H groups in total. The molecule has 3 aromatic rings. The molecule has 0 fully saturated rings. The van der Waals surface area contributed by atoms with Gasteiger partial charge < -0.3 is 0 Å². The fourth-order valence-corrected chi connectivity index (χ4v) is 3.11. The number of nitrogens with zero attached hydrogens (tertiary/aromatic N) is 2. The Labute approximate surface area is 132 Å². The lowest BCUT2D eigenvalue weighted by Crippen LogP contribution is -2.50. The number of alkyl halides is 7. The highest BCUT2D eigenvalue weighted by atomic mass is 32.1. The standard InChI is InChI=1S/C13H5F7N2OS/c14-11(15,12(16,17)13(18,19)20)8-5-9(23)22-6-3-1-2-4-7(6)24-10(22)21-8/h1-5H. The van der Waals surface area contributed by atoms with Crippen LogP contribution in [0.5, 0.6) is 0 Å². The highest BCUT2D eigenvalue weighted by Crippen LogP contribution is 2.51.